The molecule has 1 fully saturated rings. The first-order valence-electron chi connectivity index (χ1n) is 9.03. The van der Waals surface area contributed by atoms with Gasteiger partial charge in [0.25, 0.3) is 5.56 Å². The number of piperidine rings is 1. The summed E-state index contributed by atoms with van der Waals surface area (Å²) >= 11 is 1.81. The molecule has 0 aliphatic carbocycles. The Morgan fingerprint density at radius 2 is 2.12 bits per heavy atom. The van der Waals surface area contributed by atoms with E-state index in [2.05, 4.69) is 16.0 Å². The Morgan fingerprint density at radius 3 is 2.88 bits per heavy atom. The Labute approximate surface area is 156 Å². The predicted octanol–water partition coefficient (Wildman–Crippen LogP) is 1.65. The summed E-state index contributed by atoms with van der Waals surface area (Å²) in [6.45, 7) is 1.96. The number of benzene rings is 1. The number of carbonyl (C=O) groups excluding carboxylic acids is 1. The lowest BCUT2D eigenvalue weighted by Gasteiger charge is -2.31. The minimum absolute atomic E-state index is 0.0372. The van der Waals surface area contributed by atoms with Crippen LogP contribution in [-0.4, -0.2) is 47.3 Å². The van der Waals surface area contributed by atoms with Gasteiger partial charge in [0.1, 0.15) is 11.9 Å². The first kappa shape index (κ1) is 17.4. The van der Waals surface area contributed by atoms with E-state index in [1.807, 2.05) is 23.9 Å². The number of amides is 1. The van der Waals surface area contributed by atoms with E-state index in [4.69, 9.17) is 10.5 Å². The Morgan fingerprint density at radius 1 is 1.31 bits per heavy atom. The third-order valence-electron chi connectivity index (χ3n) is 5.16. The molecule has 1 amide bonds. The van der Waals surface area contributed by atoms with Gasteiger partial charge in [-0.15, -0.1) is 0 Å². The van der Waals surface area contributed by atoms with Crippen molar-refractivity contribution in [3.8, 4) is 5.75 Å². The van der Waals surface area contributed by atoms with E-state index in [9.17, 15) is 9.59 Å². The van der Waals surface area contributed by atoms with Gasteiger partial charge >= 0.3 is 0 Å². The first-order chi connectivity index (χ1) is 12.6. The van der Waals surface area contributed by atoms with Crippen molar-refractivity contribution >= 4 is 28.6 Å². The summed E-state index contributed by atoms with van der Waals surface area (Å²) in [6.07, 6.45) is 2.83. The summed E-state index contributed by atoms with van der Waals surface area (Å²) in [5.74, 6) is 2.40. The van der Waals surface area contributed by atoms with Crippen molar-refractivity contribution in [1.82, 2.24) is 9.88 Å². The van der Waals surface area contributed by atoms with Crippen molar-refractivity contribution in [2.75, 3.05) is 25.4 Å². The van der Waals surface area contributed by atoms with Crippen LogP contribution in [0, 0.1) is 0 Å². The summed E-state index contributed by atoms with van der Waals surface area (Å²) in [4.78, 5) is 28.3. The zero-order valence-electron chi connectivity index (χ0n) is 14.6. The molecule has 7 heteroatoms. The van der Waals surface area contributed by atoms with E-state index in [0.717, 1.165) is 66.1 Å². The standard InChI is InChI=1S/C19H23N3O3S/c20-18(23)10-22-6-3-12(4-7-22)25-13-1-2-17-15(9-13)14-5-8-26-11-16(14)19(24)21-17/h1-2,9,12H,3-8,10-11H2,(H2,20,23)(H,21,24). The molecule has 2 aliphatic heterocycles. The van der Waals surface area contributed by atoms with Gasteiger partial charge in [-0.1, -0.05) is 0 Å². The van der Waals surface area contributed by atoms with E-state index >= 15 is 0 Å². The molecular formula is C19H23N3O3S. The number of nitrogens with zero attached hydrogens (tertiary/aromatic N) is 1. The molecule has 1 saturated heterocycles. The second kappa shape index (κ2) is 7.32. The fourth-order valence-electron chi connectivity index (χ4n) is 3.84. The number of carbonyl (C=O) groups is 1. The minimum atomic E-state index is -0.282. The SMILES string of the molecule is NC(=O)CN1CCC(Oc2ccc3[nH]c(=O)c4c(c3c2)CCSC4)CC1. The summed E-state index contributed by atoms with van der Waals surface area (Å²) in [5.41, 5.74) is 8.26. The maximum atomic E-state index is 12.2. The molecule has 1 aromatic carbocycles. The van der Waals surface area contributed by atoms with Gasteiger partial charge < -0.3 is 15.5 Å². The summed E-state index contributed by atoms with van der Waals surface area (Å²) in [5, 5.41) is 1.10. The smallest absolute Gasteiger partial charge is 0.252 e. The molecule has 138 valence electrons. The van der Waals surface area contributed by atoms with Crippen LogP contribution in [0.5, 0.6) is 5.75 Å². The van der Waals surface area contributed by atoms with Crippen molar-refractivity contribution in [3.63, 3.8) is 0 Å². The Balaban J connectivity index is 1.52. The highest BCUT2D eigenvalue weighted by Gasteiger charge is 2.22. The number of fused-ring (bicyclic) bond motifs is 3. The lowest BCUT2D eigenvalue weighted by atomic mass is 10.0. The summed E-state index contributed by atoms with van der Waals surface area (Å²) < 4.78 is 6.20. The van der Waals surface area contributed by atoms with E-state index in [1.165, 1.54) is 5.56 Å². The third-order valence-corrected chi connectivity index (χ3v) is 6.15. The van der Waals surface area contributed by atoms with E-state index in [1.54, 1.807) is 0 Å². The van der Waals surface area contributed by atoms with Gasteiger partial charge in [-0.2, -0.15) is 11.8 Å². The number of thioether (sulfide) groups is 1. The van der Waals surface area contributed by atoms with Gasteiger partial charge in [0.05, 0.1) is 6.54 Å². The highest BCUT2D eigenvalue weighted by molar-refractivity contribution is 7.98. The highest BCUT2D eigenvalue weighted by atomic mass is 32.2. The minimum Gasteiger partial charge on any atom is -0.490 e. The Bertz CT molecular complexity index is 887. The number of aromatic amines is 1. The molecule has 0 unspecified atom stereocenters. The van der Waals surface area contributed by atoms with Crippen LogP contribution >= 0.6 is 11.8 Å². The monoisotopic (exact) mass is 373 g/mol. The lowest BCUT2D eigenvalue weighted by Crippen LogP contribution is -2.42. The zero-order valence-corrected chi connectivity index (χ0v) is 15.4. The van der Waals surface area contributed by atoms with Crippen LogP contribution in [-0.2, 0) is 17.0 Å². The molecule has 6 nitrogen and oxygen atoms in total. The molecule has 2 aliphatic rings. The van der Waals surface area contributed by atoms with Crippen molar-refractivity contribution in [2.45, 2.75) is 31.1 Å². The van der Waals surface area contributed by atoms with Crippen LogP contribution in [0.15, 0.2) is 23.0 Å². The Hall–Kier alpha value is -1.99. The van der Waals surface area contributed by atoms with Crippen molar-refractivity contribution in [1.29, 1.82) is 0 Å². The van der Waals surface area contributed by atoms with Gasteiger partial charge in [-0.05, 0) is 48.8 Å². The average Bonchev–Trinajstić information content (AvgIpc) is 2.64. The molecular weight excluding hydrogens is 350 g/mol. The number of rotatable bonds is 4. The van der Waals surface area contributed by atoms with Gasteiger partial charge in [0, 0.05) is 35.3 Å². The van der Waals surface area contributed by atoms with Gasteiger partial charge in [0.15, 0.2) is 0 Å². The molecule has 3 heterocycles. The largest absolute Gasteiger partial charge is 0.490 e. The number of aryl methyl sites for hydroxylation is 1. The highest BCUT2D eigenvalue weighted by Crippen LogP contribution is 2.30. The molecule has 0 spiro atoms. The second-order valence-corrected chi connectivity index (χ2v) is 8.09. The number of H-pyrrole nitrogens is 1. The maximum absolute atomic E-state index is 12.2. The fourth-order valence-corrected chi connectivity index (χ4v) is 4.84. The van der Waals surface area contributed by atoms with Crippen LogP contribution in [0.1, 0.15) is 24.0 Å². The van der Waals surface area contributed by atoms with Crippen LogP contribution in [0.2, 0.25) is 0 Å². The van der Waals surface area contributed by atoms with E-state index in [-0.39, 0.29) is 17.6 Å². The van der Waals surface area contributed by atoms with Crippen LogP contribution in [0.25, 0.3) is 10.9 Å². The van der Waals surface area contributed by atoms with Crippen molar-refractivity contribution in [2.24, 2.45) is 5.73 Å². The molecule has 4 rings (SSSR count). The Kier molecular flexibility index (Phi) is 4.91. The molecule has 0 saturated carbocycles. The predicted molar refractivity (Wildman–Crippen MR) is 104 cm³/mol. The number of nitrogens with one attached hydrogen (secondary N) is 1. The number of primary amides is 1. The maximum Gasteiger partial charge on any atom is 0.252 e. The van der Waals surface area contributed by atoms with Gasteiger partial charge in [0.2, 0.25) is 5.91 Å². The number of nitrogens with two attached hydrogens (primary N) is 1. The number of hydrogen-bond donors (Lipinski definition) is 2. The molecule has 2 aromatic rings. The molecule has 1 aromatic heterocycles. The van der Waals surface area contributed by atoms with Crippen LogP contribution in [0.3, 0.4) is 0 Å². The molecule has 26 heavy (non-hydrogen) atoms. The van der Waals surface area contributed by atoms with Crippen molar-refractivity contribution < 1.29 is 9.53 Å². The summed E-state index contributed by atoms with van der Waals surface area (Å²) in [6, 6.07) is 5.93. The second-order valence-electron chi connectivity index (χ2n) is 6.98. The molecule has 0 radical (unpaired) electrons. The molecule has 0 atom stereocenters. The van der Waals surface area contributed by atoms with Gasteiger partial charge in [-0.25, -0.2) is 0 Å². The zero-order chi connectivity index (χ0) is 18.1. The quantitative estimate of drug-likeness (QED) is 0.851. The molecule has 3 N–H and O–H groups in total. The molecule has 0 bridgehead atoms. The van der Waals surface area contributed by atoms with E-state index < -0.39 is 0 Å². The number of hydrogen-bond acceptors (Lipinski definition) is 5. The average molecular weight is 373 g/mol. The van der Waals surface area contributed by atoms with Gasteiger partial charge in [-0.3, -0.25) is 14.5 Å². The summed E-state index contributed by atoms with van der Waals surface area (Å²) in [7, 11) is 0. The van der Waals surface area contributed by atoms with Crippen LogP contribution in [0.4, 0.5) is 0 Å². The normalized spacial score (nSPS) is 18.6. The first-order valence-corrected chi connectivity index (χ1v) is 10.2. The van der Waals surface area contributed by atoms with Crippen molar-refractivity contribution in [3.05, 3.63) is 39.7 Å². The fraction of sp³-hybridized carbons (Fsp3) is 0.474. The van der Waals surface area contributed by atoms with E-state index in [0.29, 0.717) is 6.54 Å². The van der Waals surface area contributed by atoms with Crippen LogP contribution < -0.4 is 16.0 Å². The third kappa shape index (κ3) is 3.59. The number of aromatic nitrogens is 1. The number of ether oxygens (including phenoxy) is 1. The topological polar surface area (TPSA) is 88.4 Å². The lowest BCUT2D eigenvalue weighted by molar-refractivity contribution is -0.119. The number of likely N-dealkylation sites (tertiary alicyclic amines) is 1. The number of pyridine rings is 1.